The highest BCUT2D eigenvalue weighted by molar-refractivity contribution is 9.10. The Balaban J connectivity index is 1.42. The first-order valence-electron chi connectivity index (χ1n) is 9.91. The Hall–Kier alpha value is -3.85. The average Bonchev–Trinajstić information content (AvgIpc) is 2.80. The second kappa shape index (κ2) is 9.74. The quantitative estimate of drug-likeness (QED) is 0.388. The van der Waals surface area contributed by atoms with E-state index in [2.05, 4.69) is 31.3 Å². The summed E-state index contributed by atoms with van der Waals surface area (Å²) < 4.78 is 21.1. The van der Waals surface area contributed by atoms with Crippen LogP contribution in [0.3, 0.4) is 0 Å². The second-order valence-electron chi connectivity index (χ2n) is 7.07. The van der Waals surface area contributed by atoms with Gasteiger partial charge in [-0.3, -0.25) is 9.59 Å². The summed E-state index contributed by atoms with van der Waals surface area (Å²) in [6, 6.07) is 18.0. The van der Waals surface area contributed by atoms with Gasteiger partial charge in [-0.25, -0.2) is 9.37 Å². The minimum Gasteiger partial charge on any atom is -0.484 e. The number of aromatic nitrogens is 2. The number of rotatable bonds is 6. The number of para-hydroxylation sites is 1. The van der Waals surface area contributed by atoms with E-state index >= 15 is 0 Å². The fraction of sp³-hybridized carbons (Fsp3) is 0.0833. The molecule has 3 aromatic carbocycles. The zero-order valence-corrected chi connectivity index (χ0v) is 19.0. The summed E-state index contributed by atoms with van der Waals surface area (Å²) in [4.78, 5) is 29.2. The van der Waals surface area contributed by atoms with Gasteiger partial charge in [-0.1, -0.05) is 28.1 Å². The summed E-state index contributed by atoms with van der Waals surface area (Å²) in [5.74, 6) is -0.0672. The molecular formula is C24H18BrFN4O3. The molecule has 1 amide bonds. The molecule has 0 atom stereocenters. The molecule has 0 fully saturated rings. The first-order chi connectivity index (χ1) is 15.9. The van der Waals surface area contributed by atoms with Crippen molar-refractivity contribution < 1.29 is 13.9 Å². The topological polar surface area (TPSA) is 85.6 Å². The van der Waals surface area contributed by atoms with Crippen molar-refractivity contribution in [1.82, 2.24) is 9.66 Å². The van der Waals surface area contributed by atoms with E-state index in [1.54, 1.807) is 55.5 Å². The smallest absolute Gasteiger partial charge is 0.282 e. The number of amides is 1. The largest absolute Gasteiger partial charge is 0.484 e. The van der Waals surface area contributed by atoms with Crippen LogP contribution in [0.25, 0.3) is 10.9 Å². The fourth-order valence-corrected chi connectivity index (χ4v) is 3.43. The molecule has 166 valence electrons. The van der Waals surface area contributed by atoms with Crippen molar-refractivity contribution in [3.05, 3.63) is 98.8 Å². The van der Waals surface area contributed by atoms with Gasteiger partial charge in [-0.05, 0) is 67.1 Å². The number of carbonyl (C=O) groups is 1. The Morgan fingerprint density at radius 3 is 2.70 bits per heavy atom. The Morgan fingerprint density at radius 1 is 1.18 bits per heavy atom. The van der Waals surface area contributed by atoms with Crippen LogP contribution in [0.4, 0.5) is 10.1 Å². The molecule has 0 aliphatic rings. The van der Waals surface area contributed by atoms with Crippen molar-refractivity contribution in [2.45, 2.75) is 6.92 Å². The van der Waals surface area contributed by atoms with Gasteiger partial charge in [0.05, 0.1) is 22.8 Å². The Labute approximate surface area is 196 Å². The number of hydrogen-bond acceptors (Lipinski definition) is 5. The van der Waals surface area contributed by atoms with Gasteiger partial charge < -0.3 is 10.1 Å². The van der Waals surface area contributed by atoms with Gasteiger partial charge in [-0.2, -0.15) is 9.78 Å². The molecule has 0 saturated carbocycles. The highest BCUT2D eigenvalue weighted by Gasteiger charge is 2.09. The van der Waals surface area contributed by atoms with Gasteiger partial charge in [0.1, 0.15) is 17.4 Å². The van der Waals surface area contributed by atoms with Gasteiger partial charge >= 0.3 is 0 Å². The average molecular weight is 509 g/mol. The molecule has 4 aromatic rings. The molecule has 1 N–H and O–H groups in total. The maximum atomic E-state index is 13.6. The third-order valence-corrected chi connectivity index (χ3v) is 5.18. The number of benzene rings is 3. The first-order valence-corrected chi connectivity index (χ1v) is 10.7. The monoisotopic (exact) mass is 508 g/mol. The predicted octanol–water partition coefficient (Wildman–Crippen LogP) is 4.51. The molecule has 0 unspecified atom stereocenters. The van der Waals surface area contributed by atoms with E-state index in [1.807, 2.05) is 6.07 Å². The van der Waals surface area contributed by atoms with Gasteiger partial charge in [0.25, 0.3) is 11.5 Å². The van der Waals surface area contributed by atoms with Crippen LogP contribution in [0.15, 0.2) is 81.1 Å². The highest BCUT2D eigenvalue weighted by Crippen LogP contribution is 2.16. The normalized spacial score (nSPS) is 11.1. The molecule has 7 nitrogen and oxygen atoms in total. The molecular weight excluding hydrogens is 491 g/mol. The Kier molecular flexibility index (Phi) is 6.60. The molecule has 0 saturated heterocycles. The number of fused-ring (bicyclic) bond motifs is 1. The summed E-state index contributed by atoms with van der Waals surface area (Å²) in [6.45, 7) is 1.44. The van der Waals surface area contributed by atoms with Crippen molar-refractivity contribution in [3.63, 3.8) is 0 Å². The number of nitrogens with one attached hydrogen (secondary N) is 1. The molecule has 0 bridgehead atoms. The number of aryl methyl sites for hydroxylation is 1. The zero-order chi connectivity index (χ0) is 23.4. The van der Waals surface area contributed by atoms with Crippen LogP contribution in [0.5, 0.6) is 5.75 Å². The summed E-state index contributed by atoms with van der Waals surface area (Å²) in [7, 11) is 0. The lowest BCUT2D eigenvalue weighted by Crippen LogP contribution is -2.21. The molecule has 0 aliphatic carbocycles. The minimum atomic E-state index is -0.516. The van der Waals surface area contributed by atoms with E-state index in [-0.39, 0.29) is 17.9 Å². The van der Waals surface area contributed by atoms with Crippen molar-refractivity contribution >= 4 is 44.6 Å². The lowest BCUT2D eigenvalue weighted by atomic mass is 10.2. The van der Waals surface area contributed by atoms with Gasteiger partial charge in [0, 0.05) is 4.47 Å². The maximum Gasteiger partial charge on any atom is 0.282 e. The predicted molar refractivity (Wildman–Crippen MR) is 128 cm³/mol. The molecule has 0 spiro atoms. The molecule has 1 aromatic heterocycles. The molecule has 0 aliphatic heterocycles. The van der Waals surface area contributed by atoms with Crippen LogP contribution in [0.2, 0.25) is 0 Å². The van der Waals surface area contributed by atoms with Crippen molar-refractivity contribution in [3.8, 4) is 5.75 Å². The molecule has 9 heteroatoms. The van der Waals surface area contributed by atoms with Crippen molar-refractivity contribution in [2.24, 2.45) is 5.10 Å². The van der Waals surface area contributed by atoms with E-state index in [4.69, 9.17) is 4.74 Å². The summed E-state index contributed by atoms with van der Waals surface area (Å²) in [5.41, 5.74) is 1.15. The summed E-state index contributed by atoms with van der Waals surface area (Å²) in [5, 5.41) is 7.19. The number of carbonyl (C=O) groups excluding carboxylic acids is 1. The van der Waals surface area contributed by atoms with Gasteiger partial charge in [0.2, 0.25) is 0 Å². The molecule has 1 heterocycles. The van der Waals surface area contributed by atoms with E-state index in [1.165, 1.54) is 23.0 Å². The number of hydrogen-bond donors (Lipinski definition) is 1. The fourth-order valence-electron chi connectivity index (χ4n) is 3.07. The van der Waals surface area contributed by atoms with Crippen LogP contribution in [-0.2, 0) is 4.79 Å². The Morgan fingerprint density at radius 2 is 1.94 bits per heavy atom. The van der Waals surface area contributed by atoms with Crippen molar-refractivity contribution in [1.29, 1.82) is 0 Å². The van der Waals surface area contributed by atoms with Gasteiger partial charge in [0.15, 0.2) is 6.61 Å². The van der Waals surface area contributed by atoms with Crippen LogP contribution < -0.4 is 15.6 Å². The number of anilines is 1. The summed E-state index contributed by atoms with van der Waals surface area (Å²) in [6.07, 6.45) is 1.54. The standard InChI is InChI=1S/C24H18BrFN4O3/c1-15-28-21-11-8-17(25)12-19(21)24(32)30(15)27-13-16-6-9-18(10-7-16)33-14-23(31)29-22-5-3-2-4-20(22)26/h2-13H,14H2,1H3,(H,29,31). The molecule has 4 rings (SSSR count). The van der Waals surface area contributed by atoms with E-state index in [9.17, 15) is 14.0 Å². The van der Waals surface area contributed by atoms with Crippen LogP contribution in [0, 0.1) is 12.7 Å². The second-order valence-corrected chi connectivity index (χ2v) is 7.98. The lowest BCUT2D eigenvalue weighted by Gasteiger charge is -2.08. The highest BCUT2D eigenvalue weighted by atomic mass is 79.9. The van der Waals surface area contributed by atoms with E-state index in [0.29, 0.717) is 22.5 Å². The number of nitrogens with zero attached hydrogens (tertiary/aromatic N) is 3. The van der Waals surface area contributed by atoms with Crippen molar-refractivity contribution in [2.75, 3.05) is 11.9 Å². The first kappa shape index (κ1) is 22.3. The van der Waals surface area contributed by atoms with Crippen LogP contribution in [0.1, 0.15) is 11.4 Å². The Bertz CT molecular complexity index is 1420. The third-order valence-electron chi connectivity index (χ3n) is 4.69. The minimum absolute atomic E-state index is 0.0960. The van der Waals surface area contributed by atoms with E-state index in [0.717, 1.165) is 10.0 Å². The van der Waals surface area contributed by atoms with Gasteiger partial charge in [-0.15, -0.1) is 0 Å². The molecule has 33 heavy (non-hydrogen) atoms. The number of ether oxygens (including phenoxy) is 1. The number of halogens is 2. The summed E-state index contributed by atoms with van der Waals surface area (Å²) >= 11 is 3.37. The lowest BCUT2D eigenvalue weighted by molar-refractivity contribution is -0.118. The van der Waals surface area contributed by atoms with Crippen LogP contribution >= 0.6 is 15.9 Å². The SMILES string of the molecule is Cc1nc2ccc(Br)cc2c(=O)n1N=Cc1ccc(OCC(=O)Nc2ccccc2F)cc1. The zero-order valence-electron chi connectivity index (χ0n) is 17.5. The van der Waals surface area contributed by atoms with E-state index < -0.39 is 11.7 Å². The third kappa shape index (κ3) is 5.32. The maximum absolute atomic E-state index is 13.6. The van der Waals surface area contributed by atoms with Crippen LogP contribution in [-0.4, -0.2) is 28.4 Å². The molecule has 0 radical (unpaired) electrons.